The van der Waals surface area contributed by atoms with Gasteiger partial charge in [-0.05, 0) is 42.3 Å². The molecular formula is C15H12Cl3N. The minimum atomic E-state index is 0. The van der Waals surface area contributed by atoms with Crippen LogP contribution in [0.3, 0.4) is 0 Å². The monoisotopic (exact) mass is 311 g/mol. The van der Waals surface area contributed by atoms with Crippen molar-refractivity contribution < 1.29 is 0 Å². The van der Waals surface area contributed by atoms with Crippen LogP contribution in [0.25, 0.3) is 22.2 Å². The number of halogens is 3. The van der Waals surface area contributed by atoms with E-state index >= 15 is 0 Å². The zero-order valence-corrected chi connectivity index (χ0v) is 12.6. The predicted octanol–water partition coefficient (Wildman–Crippen LogP) is 5.69. The van der Waals surface area contributed by atoms with Crippen molar-refractivity contribution in [3.63, 3.8) is 0 Å². The Bertz CT molecular complexity index is 731. The van der Waals surface area contributed by atoms with Gasteiger partial charge in [0.25, 0.3) is 0 Å². The molecule has 0 spiro atoms. The van der Waals surface area contributed by atoms with Crippen molar-refractivity contribution >= 4 is 46.7 Å². The van der Waals surface area contributed by atoms with E-state index in [4.69, 9.17) is 23.4 Å². The lowest BCUT2D eigenvalue weighted by Crippen LogP contribution is -1.86. The molecule has 0 saturated heterocycles. The third-order valence-corrected chi connectivity index (χ3v) is 3.89. The summed E-state index contributed by atoms with van der Waals surface area (Å²) in [7, 11) is 0. The molecule has 0 N–H and O–H groups in total. The number of aryl methyl sites for hydroxylation is 1. The second-order valence-electron chi connectivity index (χ2n) is 4.33. The zero-order chi connectivity index (χ0) is 12.7. The first-order valence-electron chi connectivity index (χ1n) is 5.70. The highest BCUT2D eigenvalue weighted by Crippen LogP contribution is 2.31. The molecular weight excluding hydrogens is 301 g/mol. The number of nitrogens with zero attached hydrogens (tertiary/aromatic N) is 1. The van der Waals surface area contributed by atoms with Crippen molar-refractivity contribution in [3.8, 4) is 11.3 Å². The number of hydrogen-bond donors (Lipinski definition) is 0. The van der Waals surface area contributed by atoms with Gasteiger partial charge in [-0.25, -0.2) is 0 Å². The molecule has 19 heavy (non-hydrogen) atoms. The molecule has 0 radical (unpaired) electrons. The second kappa shape index (κ2) is 5.46. The van der Waals surface area contributed by atoms with Crippen LogP contribution in [-0.4, -0.2) is 4.09 Å². The Morgan fingerprint density at radius 2 is 1.74 bits per heavy atom. The van der Waals surface area contributed by atoms with E-state index in [1.54, 1.807) is 4.09 Å². The molecule has 0 atom stereocenters. The maximum absolute atomic E-state index is 6.37. The van der Waals surface area contributed by atoms with E-state index in [0.717, 1.165) is 32.7 Å². The van der Waals surface area contributed by atoms with Crippen molar-refractivity contribution in [1.29, 1.82) is 0 Å². The molecule has 0 bridgehead atoms. The normalized spacial score (nSPS) is 10.5. The standard InChI is InChI=1S/C15H11Cl2N.ClH/c1-10-8-12(6-7-13(10)16)15-9-11-4-2-3-5-14(11)18(15)17;/h2-9H,1H3;1H. The quantitative estimate of drug-likeness (QED) is 0.543. The number of benzene rings is 2. The summed E-state index contributed by atoms with van der Waals surface area (Å²) in [5.41, 5.74) is 4.12. The van der Waals surface area contributed by atoms with Crippen LogP contribution in [0.15, 0.2) is 48.5 Å². The Morgan fingerprint density at radius 1 is 1.00 bits per heavy atom. The molecule has 0 saturated carbocycles. The van der Waals surface area contributed by atoms with Gasteiger partial charge in [0, 0.05) is 22.2 Å². The van der Waals surface area contributed by atoms with E-state index in [1.807, 2.05) is 37.3 Å². The second-order valence-corrected chi connectivity index (χ2v) is 5.08. The molecule has 3 aromatic rings. The number of fused-ring (bicyclic) bond motifs is 1. The summed E-state index contributed by atoms with van der Waals surface area (Å²) in [5.74, 6) is 0. The minimum absolute atomic E-state index is 0. The Balaban J connectivity index is 0.00000133. The zero-order valence-electron chi connectivity index (χ0n) is 10.2. The topological polar surface area (TPSA) is 4.93 Å². The van der Waals surface area contributed by atoms with Crippen molar-refractivity contribution in [2.45, 2.75) is 6.92 Å². The van der Waals surface area contributed by atoms with Crippen LogP contribution in [0.4, 0.5) is 0 Å². The van der Waals surface area contributed by atoms with E-state index in [2.05, 4.69) is 18.2 Å². The van der Waals surface area contributed by atoms with Crippen LogP contribution in [0.1, 0.15) is 5.56 Å². The average molecular weight is 313 g/mol. The fourth-order valence-electron chi connectivity index (χ4n) is 2.12. The fraction of sp³-hybridized carbons (Fsp3) is 0.0667. The molecule has 0 amide bonds. The smallest absolute Gasteiger partial charge is 0.0660 e. The highest BCUT2D eigenvalue weighted by Gasteiger charge is 2.09. The molecule has 4 heteroatoms. The Hall–Kier alpha value is -1.15. The van der Waals surface area contributed by atoms with Crippen LogP contribution in [0, 0.1) is 6.92 Å². The third kappa shape index (κ3) is 2.46. The van der Waals surface area contributed by atoms with Gasteiger partial charge in [-0.1, -0.05) is 35.9 Å². The first-order chi connectivity index (χ1) is 8.66. The first-order valence-corrected chi connectivity index (χ1v) is 6.41. The molecule has 1 nitrogen and oxygen atoms in total. The van der Waals surface area contributed by atoms with E-state index in [1.165, 1.54) is 0 Å². The van der Waals surface area contributed by atoms with Crippen molar-refractivity contribution in [2.75, 3.05) is 0 Å². The van der Waals surface area contributed by atoms with Crippen molar-refractivity contribution in [2.24, 2.45) is 0 Å². The van der Waals surface area contributed by atoms with Gasteiger partial charge in [-0.2, -0.15) is 0 Å². The molecule has 98 valence electrons. The summed E-state index contributed by atoms with van der Waals surface area (Å²) >= 11 is 12.4. The molecule has 0 aliphatic heterocycles. The van der Waals surface area contributed by atoms with Gasteiger partial charge < -0.3 is 0 Å². The van der Waals surface area contributed by atoms with Crippen LogP contribution >= 0.6 is 35.8 Å². The molecule has 1 aromatic heterocycles. The molecule has 0 aliphatic carbocycles. The van der Waals surface area contributed by atoms with Crippen LogP contribution in [0.5, 0.6) is 0 Å². The summed E-state index contributed by atoms with van der Waals surface area (Å²) in [4.78, 5) is 0. The van der Waals surface area contributed by atoms with Gasteiger partial charge in [-0.3, -0.25) is 4.09 Å². The first kappa shape index (κ1) is 14.3. The van der Waals surface area contributed by atoms with Crippen LogP contribution in [-0.2, 0) is 0 Å². The molecule has 3 rings (SSSR count). The Kier molecular flexibility index (Phi) is 4.10. The largest absolute Gasteiger partial charge is 0.252 e. The van der Waals surface area contributed by atoms with E-state index in [0.29, 0.717) is 0 Å². The lowest BCUT2D eigenvalue weighted by atomic mass is 10.1. The molecule has 0 aliphatic rings. The van der Waals surface area contributed by atoms with Crippen molar-refractivity contribution in [1.82, 2.24) is 4.09 Å². The average Bonchev–Trinajstić information content (AvgIpc) is 2.71. The Labute approximate surface area is 128 Å². The van der Waals surface area contributed by atoms with Gasteiger partial charge in [0.2, 0.25) is 0 Å². The summed E-state index contributed by atoms with van der Waals surface area (Å²) in [6.07, 6.45) is 0. The number of aromatic nitrogens is 1. The fourth-order valence-corrected chi connectivity index (χ4v) is 2.54. The maximum atomic E-state index is 6.37. The minimum Gasteiger partial charge on any atom is -0.252 e. The predicted molar refractivity (Wildman–Crippen MR) is 85.6 cm³/mol. The number of rotatable bonds is 1. The van der Waals surface area contributed by atoms with Gasteiger partial charge in [0.05, 0.1) is 11.2 Å². The molecule has 0 unspecified atom stereocenters. The number of para-hydroxylation sites is 1. The van der Waals surface area contributed by atoms with E-state index in [-0.39, 0.29) is 12.4 Å². The van der Waals surface area contributed by atoms with E-state index < -0.39 is 0 Å². The summed E-state index contributed by atoms with van der Waals surface area (Å²) in [6, 6.07) is 16.1. The van der Waals surface area contributed by atoms with E-state index in [9.17, 15) is 0 Å². The Morgan fingerprint density at radius 3 is 2.42 bits per heavy atom. The van der Waals surface area contributed by atoms with Crippen LogP contribution in [0.2, 0.25) is 5.02 Å². The lowest BCUT2D eigenvalue weighted by molar-refractivity contribution is 1.31. The molecule has 2 aromatic carbocycles. The summed E-state index contributed by atoms with van der Waals surface area (Å²) in [6.45, 7) is 1.99. The maximum Gasteiger partial charge on any atom is 0.0660 e. The SMILES string of the molecule is Cc1cc(-c2cc3ccccc3n2Cl)ccc1Cl.Cl. The summed E-state index contributed by atoms with van der Waals surface area (Å²) < 4.78 is 1.69. The summed E-state index contributed by atoms with van der Waals surface area (Å²) in [5, 5.41) is 1.91. The number of hydrogen-bond acceptors (Lipinski definition) is 0. The van der Waals surface area contributed by atoms with Gasteiger partial charge >= 0.3 is 0 Å². The van der Waals surface area contributed by atoms with Crippen molar-refractivity contribution in [3.05, 3.63) is 59.1 Å². The third-order valence-electron chi connectivity index (χ3n) is 3.11. The van der Waals surface area contributed by atoms with Gasteiger partial charge in [0.15, 0.2) is 0 Å². The van der Waals surface area contributed by atoms with Gasteiger partial charge in [-0.15, -0.1) is 12.4 Å². The highest BCUT2D eigenvalue weighted by molar-refractivity contribution is 6.31. The highest BCUT2D eigenvalue weighted by atomic mass is 35.5. The molecule has 1 heterocycles. The van der Waals surface area contributed by atoms with Gasteiger partial charge in [0.1, 0.15) is 0 Å². The lowest BCUT2D eigenvalue weighted by Gasteiger charge is -2.04. The molecule has 0 fully saturated rings. The van der Waals surface area contributed by atoms with Crippen LogP contribution < -0.4 is 0 Å².